The second-order valence-electron chi connectivity index (χ2n) is 3.31. The second-order valence-corrected chi connectivity index (χ2v) is 3.31. The fraction of sp³-hybridized carbons (Fsp3) is 0.0769. The van der Waals surface area contributed by atoms with Crippen molar-refractivity contribution in [1.29, 1.82) is 0 Å². The lowest BCUT2D eigenvalue weighted by Crippen LogP contribution is -1.71. The highest BCUT2D eigenvalue weighted by atomic mass is 14.8. The number of nitrogens with zero attached hydrogens (tertiary/aromatic N) is 1. The number of hydrogen-bond donors (Lipinski definition) is 0. The zero-order valence-electron chi connectivity index (χ0n) is 8.14. The van der Waals surface area contributed by atoms with E-state index in [0.717, 1.165) is 11.3 Å². The Hall–Kier alpha value is -1.76. The average Bonchev–Trinajstić information content (AvgIpc) is 2.70. The topological polar surface area (TPSA) is 14.1 Å². The number of hydrogen-bond acceptors (Lipinski definition) is 0. The lowest BCUT2D eigenvalue weighted by Gasteiger charge is -2.16. The number of rotatable bonds is 2. The number of aryl methyl sites for hydroxylation is 1. The molecule has 1 heteroatoms. The molecule has 0 bridgehead atoms. The van der Waals surface area contributed by atoms with Gasteiger partial charge in [0.15, 0.2) is 0 Å². The van der Waals surface area contributed by atoms with Crippen molar-refractivity contribution in [1.82, 2.24) is 0 Å². The summed E-state index contributed by atoms with van der Waals surface area (Å²) in [6, 6.07) is 8.18. The Morgan fingerprint density at radius 1 is 1.00 bits per heavy atom. The number of allylic oxidation sites excluding steroid dienone is 5. The van der Waals surface area contributed by atoms with Crippen LogP contribution in [0.1, 0.15) is 5.56 Å². The molecule has 0 aromatic heterocycles. The molecule has 1 nitrogen and oxygen atoms in total. The van der Waals surface area contributed by atoms with E-state index < -0.39 is 0 Å². The summed E-state index contributed by atoms with van der Waals surface area (Å²) in [5.74, 6) is 0. The van der Waals surface area contributed by atoms with Gasteiger partial charge in [-0.2, -0.15) is 6.20 Å². The quantitative estimate of drug-likeness (QED) is 0.656. The van der Waals surface area contributed by atoms with Gasteiger partial charge < -0.3 is 5.32 Å². The molecule has 2 rings (SSSR count). The summed E-state index contributed by atoms with van der Waals surface area (Å²) in [5.41, 5.74) is 3.40. The molecule has 0 atom stereocenters. The molecule has 1 aliphatic rings. The highest BCUT2D eigenvalue weighted by molar-refractivity contribution is 5.55. The van der Waals surface area contributed by atoms with E-state index in [1.165, 1.54) is 5.56 Å². The van der Waals surface area contributed by atoms with Crippen molar-refractivity contribution in [3.8, 4) is 0 Å². The predicted molar refractivity (Wildman–Crippen MR) is 60.6 cm³/mol. The van der Waals surface area contributed by atoms with Gasteiger partial charge in [0.1, 0.15) is 0 Å². The Labute approximate surface area is 84.5 Å². The monoisotopic (exact) mass is 182 g/mol. The summed E-state index contributed by atoms with van der Waals surface area (Å²) in [6.45, 7) is 2.07. The zero-order valence-corrected chi connectivity index (χ0v) is 8.14. The third-order valence-electron chi connectivity index (χ3n) is 2.09. The molecule has 0 heterocycles. The first-order chi connectivity index (χ1) is 6.84. The summed E-state index contributed by atoms with van der Waals surface area (Å²) >= 11 is 0. The van der Waals surface area contributed by atoms with Crippen molar-refractivity contribution >= 4 is 5.69 Å². The molecule has 0 amide bonds. The van der Waals surface area contributed by atoms with E-state index in [1.807, 2.05) is 42.6 Å². The summed E-state index contributed by atoms with van der Waals surface area (Å²) in [4.78, 5) is 0. The molecule has 1 aliphatic carbocycles. The standard InChI is InChI=1S/C13H12N/c1-11-6-8-13(9-7-11)14-10-12-4-2-3-5-12/h2-10H,1H3/q-1. The molecule has 0 spiro atoms. The summed E-state index contributed by atoms with van der Waals surface area (Å²) in [5, 5.41) is 4.36. The molecule has 70 valence electrons. The van der Waals surface area contributed by atoms with Crippen LogP contribution in [0.2, 0.25) is 0 Å². The lowest BCUT2D eigenvalue weighted by molar-refractivity contribution is 1.47. The minimum Gasteiger partial charge on any atom is -0.664 e. The van der Waals surface area contributed by atoms with Gasteiger partial charge in [0.2, 0.25) is 0 Å². The van der Waals surface area contributed by atoms with Crippen LogP contribution in [0.25, 0.3) is 5.32 Å². The molecular weight excluding hydrogens is 170 g/mol. The molecule has 0 fully saturated rings. The van der Waals surface area contributed by atoms with Gasteiger partial charge in [0, 0.05) is 0 Å². The van der Waals surface area contributed by atoms with Gasteiger partial charge in [0.05, 0.1) is 0 Å². The van der Waals surface area contributed by atoms with Crippen molar-refractivity contribution in [2.45, 2.75) is 6.92 Å². The van der Waals surface area contributed by atoms with Crippen molar-refractivity contribution in [3.05, 3.63) is 71.2 Å². The van der Waals surface area contributed by atoms with Crippen LogP contribution < -0.4 is 0 Å². The van der Waals surface area contributed by atoms with Crippen LogP contribution >= 0.6 is 0 Å². The van der Waals surface area contributed by atoms with Gasteiger partial charge in [-0.15, -0.1) is 5.69 Å². The minimum atomic E-state index is 0.997. The fourth-order valence-electron chi connectivity index (χ4n) is 1.25. The third kappa shape index (κ3) is 2.13. The smallest absolute Gasteiger partial charge is 0.0398 e. The van der Waals surface area contributed by atoms with Gasteiger partial charge in [-0.3, -0.25) is 0 Å². The van der Waals surface area contributed by atoms with Crippen LogP contribution in [-0.4, -0.2) is 0 Å². The number of benzene rings is 1. The maximum atomic E-state index is 4.36. The van der Waals surface area contributed by atoms with E-state index in [9.17, 15) is 0 Å². The van der Waals surface area contributed by atoms with E-state index in [0.29, 0.717) is 0 Å². The molecule has 0 saturated carbocycles. The van der Waals surface area contributed by atoms with Crippen LogP contribution in [0.3, 0.4) is 0 Å². The highest BCUT2D eigenvalue weighted by Gasteiger charge is 1.85. The lowest BCUT2D eigenvalue weighted by atomic mass is 10.2. The van der Waals surface area contributed by atoms with Crippen molar-refractivity contribution in [2.75, 3.05) is 0 Å². The Kier molecular flexibility index (Phi) is 2.50. The molecular formula is C13H12N-. The molecule has 14 heavy (non-hydrogen) atoms. The summed E-state index contributed by atoms with van der Waals surface area (Å²) in [6.07, 6.45) is 9.98. The van der Waals surface area contributed by atoms with E-state index in [-0.39, 0.29) is 0 Å². The third-order valence-corrected chi connectivity index (χ3v) is 2.09. The molecule has 0 unspecified atom stereocenters. The average molecular weight is 182 g/mol. The van der Waals surface area contributed by atoms with Crippen molar-refractivity contribution < 1.29 is 0 Å². The van der Waals surface area contributed by atoms with E-state index in [4.69, 9.17) is 0 Å². The SMILES string of the molecule is Cc1ccc([N-]C=C2C=CC=C2)cc1. The van der Waals surface area contributed by atoms with Gasteiger partial charge >= 0.3 is 0 Å². The Morgan fingerprint density at radius 3 is 2.29 bits per heavy atom. The van der Waals surface area contributed by atoms with Gasteiger partial charge in [0.25, 0.3) is 0 Å². The van der Waals surface area contributed by atoms with E-state index in [1.54, 1.807) is 0 Å². The largest absolute Gasteiger partial charge is 0.664 e. The zero-order chi connectivity index (χ0) is 9.80. The summed E-state index contributed by atoms with van der Waals surface area (Å²) in [7, 11) is 0. The van der Waals surface area contributed by atoms with Crippen LogP contribution in [0.5, 0.6) is 0 Å². The van der Waals surface area contributed by atoms with Gasteiger partial charge in [-0.05, 0) is 12.5 Å². The fourth-order valence-corrected chi connectivity index (χ4v) is 1.25. The molecule has 0 aliphatic heterocycles. The van der Waals surface area contributed by atoms with Gasteiger partial charge in [-0.1, -0.05) is 54.1 Å². The Bertz CT molecular complexity index is 380. The van der Waals surface area contributed by atoms with Crippen LogP contribution in [-0.2, 0) is 0 Å². The summed E-state index contributed by atoms with van der Waals surface area (Å²) < 4.78 is 0. The van der Waals surface area contributed by atoms with E-state index in [2.05, 4.69) is 24.4 Å². The second kappa shape index (κ2) is 3.97. The Balaban J connectivity index is 2.04. The highest BCUT2D eigenvalue weighted by Crippen LogP contribution is 2.21. The molecule has 0 N–H and O–H groups in total. The maximum absolute atomic E-state index is 4.36. The molecule has 1 aromatic rings. The maximum Gasteiger partial charge on any atom is -0.0398 e. The predicted octanol–water partition coefficient (Wildman–Crippen LogP) is 4.01. The Morgan fingerprint density at radius 2 is 1.64 bits per heavy atom. The minimum absolute atomic E-state index is 0.997. The molecule has 1 aromatic carbocycles. The van der Waals surface area contributed by atoms with E-state index >= 15 is 0 Å². The van der Waals surface area contributed by atoms with Crippen molar-refractivity contribution in [2.24, 2.45) is 0 Å². The molecule has 0 radical (unpaired) electrons. The first kappa shape index (κ1) is 8.82. The van der Waals surface area contributed by atoms with Gasteiger partial charge in [-0.25, -0.2) is 0 Å². The van der Waals surface area contributed by atoms with Crippen LogP contribution in [0.4, 0.5) is 5.69 Å². The normalized spacial score (nSPS) is 13.4. The first-order valence-corrected chi connectivity index (χ1v) is 4.67. The van der Waals surface area contributed by atoms with Crippen LogP contribution in [0, 0.1) is 6.92 Å². The van der Waals surface area contributed by atoms with Crippen LogP contribution in [0.15, 0.2) is 60.3 Å². The van der Waals surface area contributed by atoms with Crippen molar-refractivity contribution in [3.63, 3.8) is 0 Å². The molecule has 0 saturated heterocycles. The first-order valence-electron chi connectivity index (χ1n) is 4.67.